The monoisotopic (exact) mass is 365 g/mol. The van der Waals surface area contributed by atoms with E-state index in [0.29, 0.717) is 0 Å². The average Bonchev–Trinajstić information content (AvgIpc) is 2.93. The molecule has 0 bridgehead atoms. The second-order valence-electron chi connectivity index (χ2n) is 7.34. The fourth-order valence-corrected chi connectivity index (χ4v) is 3.98. The fraction of sp³-hybridized carbons (Fsp3) is 0.333. The van der Waals surface area contributed by atoms with Crippen LogP contribution in [0.3, 0.4) is 0 Å². The minimum atomic E-state index is -0.946. The second kappa shape index (κ2) is 6.70. The predicted molar refractivity (Wildman–Crippen MR) is 105 cm³/mol. The molecule has 1 aliphatic rings. The first-order valence-corrected chi connectivity index (χ1v) is 9.19. The van der Waals surface area contributed by atoms with Crippen molar-refractivity contribution in [3.8, 4) is 11.1 Å². The highest BCUT2D eigenvalue weighted by Gasteiger charge is 2.23. The van der Waals surface area contributed by atoms with E-state index in [-0.39, 0.29) is 17.3 Å². The van der Waals surface area contributed by atoms with Gasteiger partial charge in [-0.2, -0.15) is 0 Å². The van der Waals surface area contributed by atoms with Crippen molar-refractivity contribution in [1.82, 2.24) is 14.0 Å². The van der Waals surface area contributed by atoms with Crippen molar-refractivity contribution in [2.24, 2.45) is 7.05 Å². The molecule has 0 radical (unpaired) electrons. The molecule has 2 heterocycles. The zero-order chi connectivity index (χ0) is 19.1. The summed E-state index contributed by atoms with van der Waals surface area (Å²) in [5, 5.41) is 9.22. The molecule has 1 aromatic heterocycles. The van der Waals surface area contributed by atoms with Crippen molar-refractivity contribution in [3.63, 3.8) is 0 Å². The Morgan fingerprint density at radius 1 is 1.00 bits per heavy atom. The molecular formula is C21H23N3O3. The number of carboxylic acid groups (broad SMARTS) is 1. The highest BCUT2D eigenvalue weighted by Crippen LogP contribution is 2.28. The summed E-state index contributed by atoms with van der Waals surface area (Å²) in [6.45, 7) is 1.99. The van der Waals surface area contributed by atoms with Gasteiger partial charge < -0.3 is 10.0 Å². The summed E-state index contributed by atoms with van der Waals surface area (Å²) >= 11 is 0. The lowest BCUT2D eigenvalue weighted by molar-refractivity contribution is 0.0697. The van der Waals surface area contributed by atoms with E-state index in [1.807, 2.05) is 28.8 Å². The number of hydrogen-bond donors (Lipinski definition) is 1. The molecule has 0 saturated carbocycles. The van der Waals surface area contributed by atoms with Gasteiger partial charge in [-0.1, -0.05) is 18.2 Å². The van der Waals surface area contributed by atoms with Crippen molar-refractivity contribution >= 4 is 17.0 Å². The van der Waals surface area contributed by atoms with E-state index in [4.69, 9.17) is 0 Å². The first-order valence-electron chi connectivity index (χ1n) is 9.19. The Morgan fingerprint density at radius 2 is 1.70 bits per heavy atom. The van der Waals surface area contributed by atoms with Gasteiger partial charge in [0.1, 0.15) is 0 Å². The van der Waals surface area contributed by atoms with Gasteiger partial charge >= 0.3 is 11.7 Å². The molecule has 6 heteroatoms. The van der Waals surface area contributed by atoms with E-state index in [9.17, 15) is 14.7 Å². The van der Waals surface area contributed by atoms with Crippen molar-refractivity contribution in [2.45, 2.75) is 18.9 Å². The molecule has 0 aliphatic carbocycles. The quantitative estimate of drug-likeness (QED) is 0.775. The molecule has 1 N–H and O–H groups in total. The molecule has 27 heavy (non-hydrogen) atoms. The molecule has 0 unspecified atom stereocenters. The third-order valence-corrected chi connectivity index (χ3v) is 5.59. The molecule has 4 rings (SSSR count). The second-order valence-corrected chi connectivity index (χ2v) is 7.34. The Kier molecular flexibility index (Phi) is 4.36. The molecule has 140 valence electrons. The average molecular weight is 365 g/mol. The third kappa shape index (κ3) is 3.06. The molecule has 3 aromatic rings. The number of hydrogen-bond acceptors (Lipinski definition) is 3. The van der Waals surface area contributed by atoms with Gasteiger partial charge in [-0.25, -0.2) is 9.59 Å². The summed E-state index contributed by atoms with van der Waals surface area (Å²) in [7, 11) is 3.91. The Labute approximate surface area is 157 Å². The SMILES string of the molecule is CN1CCC(n2c(=O)n(C)c3cc(-c4cccc(C(=O)O)c4)ccc32)CC1. The molecule has 0 spiro atoms. The van der Waals surface area contributed by atoms with Crippen LogP contribution in [0.5, 0.6) is 0 Å². The lowest BCUT2D eigenvalue weighted by Gasteiger charge is -2.29. The van der Waals surface area contributed by atoms with E-state index in [1.54, 1.807) is 29.8 Å². The summed E-state index contributed by atoms with van der Waals surface area (Å²) < 4.78 is 3.62. The first-order chi connectivity index (χ1) is 13.0. The van der Waals surface area contributed by atoms with Gasteiger partial charge in [0.15, 0.2) is 0 Å². The Bertz CT molecular complexity index is 1070. The predicted octanol–water partition coefficient (Wildman–Crippen LogP) is 2.97. The standard InChI is InChI=1S/C21H23N3O3/c1-22-10-8-17(9-11-22)24-18-7-6-15(13-19(18)23(2)21(24)27)14-4-3-5-16(12-14)20(25)26/h3-7,12-13,17H,8-11H2,1-2H3,(H,25,26). The van der Waals surface area contributed by atoms with Crippen molar-refractivity contribution in [2.75, 3.05) is 20.1 Å². The van der Waals surface area contributed by atoms with Crippen LogP contribution >= 0.6 is 0 Å². The van der Waals surface area contributed by atoms with E-state index >= 15 is 0 Å². The molecule has 0 amide bonds. The molecule has 2 aromatic carbocycles. The van der Waals surface area contributed by atoms with Gasteiger partial charge in [0.05, 0.1) is 16.6 Å². The number of carbonyl (C=O) groups is 1. The maximum Gasteiger partial charge on any atom is 0.335 e. The van der Waals surface area contributed by atoms with Gasteiger partial charge in [-0.15, -0.1) is 0 Å². The number of nitrogens with zero attached hydrogens (tertiary/aromatic N) is 3. The van der Waals surface area contributed by atoms with Crippen LogP contribution in [0.15, 0.2) is 47.3 Å². The lowest BCUT2D eigenvalue weighted by Crippen LogP contribution is -2.35. The number of piperidine rings is 1. The van der Waals surface area contributed by atoms with Crippen LogP contribution < -0.4 is 5.69 Å². The highest BCUT2D eigenvalue weighted by atomic mass is 16.4. The van der Waals surface area contributed by atoms with Gasteiger partial charge in [-0.05, 0) is 68.4 Å². The number of likely N-dealkylation sites (tertiary alicyclic amines) is 1. The first kappa shape index (κ1) is 17.5. The summed E-state index contributed by atoms with van der Waals surface area (Å²) in [6.07, 6.45) is 1.94. The lowest BCUT2D eigenvalue weighted by atomic mass is 10.0. The number of fused-ring (bicyclic) bond motifs is 1. The molecule has 1 aliphatic heterocycles. The minimum absolute atomic E-state index is 0.0102. The Morgan fingerprint density at radius 3 is 2.41 bits per heavy atom. The van der Waals surface area contributed by atoms with Crippen molar-refractivity contribution in [3.05, 3.63) is 58.5 Å². The van der Waals surface area contributed by atoms with Crippen LogP contribution in [0, 0.1) is 0 Å². The van der Waals surface area contributed by atoms with Crippen LogP contribution in [0.1, 0.15) is 29.2 Å². The molecule has 1 fully saturated rings. The Hall–Kier alpha value is -2.86. The maximum atomic E-state index is 12.9. The van der Waals surface area contributed by atoms with Gasteiger partial charge in [0.2, 0.25) is 0 Å². The van der Waals surface area contributed by atoms with Gasteiger partial charge in [0.25, 0.3) is 0 Å². The van der Waals surface area contributed by atoms with Gasteiger partial charge in [0, 0.05) is 13.1 Å². The summed E-state index contributed by atoms with van der Waals surface area (Å²) in [6, 6.07) is 13.0. The Balaban J connectivity index is 1.80. The van der Waals surface area contributed by atoms with Crippen molar-refractivity contribution < 1.29 is 9.90 Å². The van der Waals surface area contributed by atoms with Crippen LogP contribution in [-0.2, 0) is 7.05 Å². The van der Waals surface area contributed by atoms with Crippen LogP contribution in [0.25, 0.3) is 22.2 Å². The molecule has 6 nitrogen and oxygen atoms in total. The molecular weight excluding hydrogens is 342 g/mol. The van der Waals surface area contributed by atoms with E-state index in [0.717, 1.165) is 48.1 Å². The largest absolute Gasteiger partial charge is 0.478 e. The summed E-state index contributed by atoms with van der Waals surface area (Å²) in [5.74, 6) is -0.946. The topological polar surface area (TPSA) is 67.5 Å². The zero-order valence-corrected chi connectivity index (χ0v) is 15.6. The highest BCUT2D eigenvalue weighted by molar-refractivity contribution is 5.90. The van der Waals surface area contributed by atoms with E-state index in [1.165, 1.54) is 0 Å². The van der Waals surface area contributed by atoms with Crippen LogP contribution in [-0.4, -0.2) is 45.2 Å². The van der Waals surface area contributed by atoms with Crippen LogP contribution in [0.2, 0.25) is 0 Å². The van der Waals surface area contributed by atoms with E-state index in [2.05, 4.69) is 11.9 Å². The number of aromatic carboxylic acids is 1. The van der Waals surface area contributed by atoms with Crippen molar-refractivity contribution in [1.29, 1.82) is 0 Å². The summed E-state index contributed by atoms with van der Waals surface area (Å²) in [4.78, 5) is 26.4. The minimum Gasteiger partial charge on any atom is -0.478 e. The molecule has 1 saturated heterocycles. The number of imidazole rings is 1. The number of aromatic nitrogens is 2. The molecule has 0 atom stereocenters. The third-order valence-electron chi connectivity index (χ3n) is 5.59. The normalized spacial score (nSPS) is 16.1. The maximum absolute atomic E-state index is 12.9. The smallest absolute Gasteiger partial charge is 0.335 e. The summed E-state index contributed by atoms with van der Waals surface area (Å²) in [5.41, 5.74) is 3.81. The number of aryl methyl sites for hydroxylation is 1. The zero-order valence-electron chi connectivity index (χ0n) is 15.6. The number of benzene rings is 2. The van der Waals surface area contributed by atoms with E-state index < -0.39 is 5.97 Å². The van der Waals surface area contributed by atoms with Gasteiger partial charge in [-0.3, -0.25) is 9.13 Å². The number of carboxylic acids is 1. The number of rotatable bonds is 3. The van der Waals surface area contributed by atoms with Crippen LogP contribution in [0.4, 0.5) is 0 Å². The fourth-order valence-electron chi connectivity index (χ4n) is 3.98.